The van der Waals surface area contributed by atoms with E-state index in [1.54, 1.807) is 0 Å². The summed E-state index contributed by atoms with van der Waals surface area (Å²) >= 11 is 0. The lowest BCUT2D eigenvalue weighted by Crippen LogP contribution is -2.32. The largest absolute Gasteiger partial charge is 0.205 e. The first-order valence-electron chi connectivity index (χ1n) is 10.5. The lowest BCUT2D eigenvalue weighted by Gasteiger charge is -2.02. The summed E-state index contributed by atoms with van der Waals surface area (Å²) in [7, 11) is 0. The van der Waals surface area contributed by atoms with Crippen molar-refractivity contribution in [1.82, 2.24) is 0 Å². The van der Waals surface area contributed by atoms with Crippen LogP contribution in [-0.2, 0) is 13.0 Å². The summed E-state index contributed by atoms with van der Waals surface area (Å²) in [4.78, 5) is 0. The van der Waals surface area contributed by atoms with Gasteiger partial charge in [0.05, 0.1) is 0 Å². The van der Waals surface area contributed by atoms with Gasteiger partial charge in [-0.3, -0.25) is 0 Å². The summed E-state index contributed by atoms with van der Waals surface area (Å²) in [6.45, 7) is 7.24. The molecule has 24 heavy (non-hydrogen) atoms. The average molecular weight is 331 g/mol. The first-order valence-corrected chi connectivity index (χ1v) is 10.5. The third kappa shape index (κ3) is 11.4. The molecule has 0 aliphatic rings. The molecule has 0 N–H and O–H groups in total. The highest BCUT2D eigenvalue weighted by Crippen LogP contribution is 2.11. The summed E-state index contributed by atoms with van der Waals surface area (Å²) in [6.07, 6.45) is 25.7. The number of pyridine rings is 1. The summed E-state index contributed by atoms with van der Waals surface area (Å²) in [5.41, 5.74) is 1.42. The van der Waals surface area contributed by atoms with E-state index in [1.807, 2.05) is 6.08 Å². The second-order valence-corrected chi connectivity index (χ2v) is 7.16. The van der Waals surface area contributed by atoms with Crippen LogP contribution in [0, 0.1) is 0 Å². The van der Waals surface area contributed by atoms with Gasteiger partial charge in [0.1, 0.15) is 6.54 Å². The molecule has 0 saturated carbocycles. The molecule has 0 amide bonds. The number of allylic oxidation sites excluding steroid dienone is 1. The molecule has 1 nitrogen and oxygen atoms in total. The Labute approximate surface area is 151 Å². The van der Waals surface area contributed by atoms with Gasteiger partial charge in [-0.2, -0.15) is 0 Å². The lowest BCUT2D eigenvalue weighted by atomic mass is 10.1. The van der Waals surface area contributed by atoms with Crippen molar-refractivity contribution in [2.45, 2.75) is 103 Å². The maximum absolute atomic E-state index is 3.78. The molecular formula is C23H40N+. The standard InChI is InChI=1S/C23H40N/c1-3-5-7-8-9-10-11-12-13-14-15-16-20-24-21-18-23(19-22-24)17-6-4-2/h4,18-19,21-22H,2-3,5-17,20H2,1H3/q+1. The van der Waals surface area contributed by atoms with Crippen LogP contribution in [0.3, 0.4) is 0 Å². The van der Waals surface area contributed by atoms with Gasteiger partial charge in [-0.25, -0.2) is 4.57 Å². The Morgan fingerprint density at radius 1 is 0.792 bits per heavy atom. The van der Waals surface area contributed by atoms with Crippen LogP contribution in [0.15, 0.2) is 37.2 Å². The smallest absolute Gasteiger partial charge is 0.169 e. The van der Waals surface area contributed by atoms with Gasteiger partial charge >= 0.3 is 0 Å². The van der Waals surface area contributed by atoms with E-state index in [0.717, 1.165) is 12.8 Å². The van der Waals surface area contributed by atoms with Gasteiger partial charge in [0.25, 0.3) is 0 Å². The van der Waals surface area contributed by atoms with Crippen molar-refractivity contribution in [3.05, 3.63) is 42.7 Å². The number of rotatable bonds is 16. The Kier molecular flexibility index (Phi) is 13.4. The van der Waals surface area contributed by atoms with E-state index in [2.05, 4.69) is 42.6 Å². The molecule has 0 aliphatic carbocycles. The Morgan fingerprint density at radius 2 is 1.29 bits per heavy atom. The fourth-order valence-corrected chi connectivity index (χ4v) is 3.21. The maximum Gasteiger partial charge on any atom is 0.169 e. The zero-order valence-electron chi connectivity index (χ0n) is 16.1. The number of nitrogens with zero attached hydrogens (tertiary/aromatic N) is 1. The molecule has 0 atom stereocenters. The molecule has 1 heterocycles. The van der Waals surface area contributed by atoms with Crippen LogP contribution in [0.25, 0.3) is 0 Å². The third-order valence-electron chi connectivity index (χ3n) is 4.87. The normalized spacial score (nSPS) is 10.9. The van der Waals surface area contributed by atoms with Gasteiger partial charge in [-0.05, 0) is 24.8 Å². The molecule has 0 aliphatic heterocycles. The van der Waals surface area contributed by atoms with Crippen molar-refractivity contribution in [2.24, 2.45) is 0 Å². The minimum atomic E-state index is 1.07. The first-order chi connectivity index (χ1) is 11.9. The van der Waals surface area contributed by atoms with Crippen molar-refractivity contribution >= 4 is 0 Å². The van der Waals surface area contributed by atoms with E-state index in [-0.39, 0.29) is 0 Å². The SMILES string of the molecule is C=CCCc1cc[n+](CCCCCCCCCCCCCC)cc1. The van der Waals surface area contributed by atoms with E-state index in [1.165, 1.54) is 89.2 Å². The highest BCUT2D eigenvalue weighted by molar-refractivity contribution is 5.07. The average Bonchev–Trinajstić information content (AvgIpc) is 2.62. The van der Waals surface area contributed by atoms with Crippen LogP contribution in [0.4, 0.5) is 0 Å². The summed E-state index contributed by atoms with van der Waals surface area (Å²) in [5, 5.41) is 0. The Balaban J connectivity index is 1.90. The number of hydrogen-bond donors (Lipinski definition) is 0. The Morgan fingerprint density at radius 3 is 1.79 bits per heavy atom. The van der Waals surface area contributed by atoms with Crippen molar-refractivity contribution in [3.63, 3.8) is 0 Å². The zero-order valence-corrected chi connectivity index (χ0v) is 16.1. The van der Waals surface area contributed by atoms with E-state index < -0.39 is 0 Å². The predicted molar refractivity (Wildman–Crippen MR) is 106 cm³/mol. The van der Waals surface area contributed by atoms with Gasteiger partial charge < -0.3 is 0 Å². The van der Waals surface area contributed by atoms with Gasteiger partial charge in [-0.15, -0.1) is 6.58 Å². The molecular weight excluding hydrogens is 290 g/mol. The van der Waals surface area contributed by atoms with Crippen LogP contribution >= 0.6 is 0 Å². The first kappa shape index (κ1) is 20.9. The minimum Gasteiger partial charge on any atom is -0.205 e. The molecule has 1 aromatic heterocycles. The van der Waals surface area contributed by atoms with E-state index >= 15 is 0 Å². The molecule has 0 unspecified atom stereocenters. The van der Waals surface area contributed by atoms with Crippen LogP contribution in [0.5, 0.6) is 0 Å². The van der Waals surface area contributed by atoms with Crippen molar-refractivity contribution in [2.75, 3.05) is 0 Å². The van der Waals surface area contributed by atoms with Crippen molar-refractivity contribution in [3.8, 4) is 0 Å². The quantitative estimate of drug-likeness (QED) is 0.178. The number of hydrogen-bond acceptors (Lipinski definition) is 0. The maximum atomic E-state index is 3.78. The summed E-state index contributed by atoms with van der Waals surface area (Å²) < 4.78 is 2.33. The molecule has 136 valence electrons. The van der Waals surface area contributed by atoms with Crippen molar-refractivity contribution in [1.29, 1.82) is 0 Å². The summed E-state index contributed by atoms with van der Waals surface area (Å²) in [6, 6.07) is 4.51. The van der Waals surface area contributed by atoms with E-state index in [9.17, 15) is 0 Å². The lowest BCUT2D eigenvalue weighted by molar-refractivity contribution is -0.697. The number of unbranched alkanes of at least 4 members (excludes halogenated alkanes) is 11. The topological polar surface area (TPSA) is 3.88 Å². The fourth-order valence-electron chi connectivity index (χ4n) is 3.21. The number of aryl methyl sites for hydroxylation is 2. The Hall–Kier alpha value is -1.11. The molecule has 0 fully saturated rings. The monoisotopic (exact) mass is 330 g/mol. The number of aromatic nitrogens is 1. The van der Waals surface area contributed by atoms with Gasteiger partial charge in [0.15, 0.2) is 12.4 Å². The van der Waals surface area contributed by atoms with Gasteiger partial charge in [0.2, 0.25) is 0 Å². The molecule has 0 aromatic carbocycles. The second kappa shape index (κ2) is 15.4. The van der Waals surface area contributed by atoms with Crippen LogP contribution in [0.1, 0.15) is 96.0 Å². The highest BCUT2D eigenvalue weighted by Gasteiger charge is 2.01. The summed E-state index contributed by atoms with van der Waals surface area (Å²) in [5.74, 6) is 0. The van der Waals surface area contributed by atoms with E-state index in [0.29, 0.717) is 0 Å². The predicted octanol–water partition coefficient (Wildman–Crippen LogP) is 6.79. The third-order valence-corrected chi connectivity index (χ3v) is 4.87. The minimum absolute atomic E-state index is 1.07. The van der Waals surface area contributed by atoms with Crippen molar-refractivity contribution < 1.29 is 4.57 Å². The molecule has 0 bridgehead atoms. The Bertz CT molecular complexity index is 393. The molecule has 1 heteroatoms. The van der Waals surface area contributed by atoms with Crippen LogP contribution in [0.2, 0.25) is 0 Å². The fraction of sp³-hybridized carbons (Fsp3) is 0.696. The molecule has 1 aromatic rings. The zero-order chi connectivity index (χ0) is 17.3. The van der Waals surface area contributed by atoms with E-state index in [4.69, 9.17) is 0 Å². The molecule has 0 spiro atoms. The second-order valence-electron chi connectivity index (χ2n) is 7.16. The highest BCUT2D eigenvalue weighted by atomic mass is 14.9. The van der Waals surface area contributed by atoms with Gasteiger partial charge in [-0.1, -0.05) is 77.2 Å². The molecule has 0 saturated heterocycles. The van der Waals surface area contributed by atoms with Crippen LogP contribution < -0.4 is 4.57 Å². The molecule has 0 radical (unpaired) electrons. The van der Waals surface area contributed by atoms with Crippen LogP contribution in [-0.4, -0.2) is 0 Å². The molecule has 1 rings (SSSR count). The van der Waals surface area contributed by atoms with Gasteiger partial charge in [0, 0.05) is 18.6 Å².